The molecule has 4 rings (SSSR count). The minimum Gasteiger partial charge on any atom is -0.388 e. The van der Waals surface area contributed by atoms with Gasteiger partial charge < -0.3 is 16.2 Å². The molecule has 2 aliphatic rings. The summed E-state index contributed by atoms with van der Waals surface area (Å²) < 4.78 is 0. The second-order valence-electron chi connectivity index (χ2n) is 7.78. The van der Waals surface area contributed by atoms with Gasteiger partial charge in [-0.2, -0.15) is 0 Å². The van der Waals surface area contributed by atoms with Crippen molar-refractivity contribution in [3.8, 4) is 0 Å². The van der Waals surface area contributed by atoms with Gasteiger partial charge >= 0.3 is 0 Å². The van der Waals surface area contributed by atoms with Crippen molar-refractivity contribution >= 4 is 34.8 Å². The maximum absolute atomic E-state index is 12.8. The minimum atomic E-state index is -0.866. The lowest BCUT2D eigenvalue weighted by Gasteiger charge is -2.36. The summed E-state index contributed by atoms with van der Waals surface area (Å²) in [5, 5.41) is 14.0. The highest BCUT2D eigenvalue weighted by molar-refractivity contribution is 6.34. The quantitative estimate of drug-likeness (QED) is 0.720. The molecule has 6 nitrogen and oxygen atoms in total. The first-order chi connectivity index (χ1) is 13.3. The van der Waals surface area contributed by atoms with Crippen molar-refractivity contribution in [2.75, 3.05) is 11.9 Å². The highest BCUT2D eigenvalue weighted by Crippen LogP contribution is 2.42. The van der Waals surface area contributed by atoms with E-state index in [-0.39, 0.29) is 24.8 Å². The number of rotatable bonds is 5. The van der Waals surface area contributed by atoms with Crippen LogP contribution in [-0.2, 0) is 10.3 Å². The summed E-state index contributed by atoms with van der Waals surface area (Å²) in [6.07, 6.45) is 1.50. The molecule has 7 heteroatoms. The molecule has 1 aliphatic carbocycles. The first-order valence-corrected chi connectivity index (χ1v) is 9.67. The topological polar surface area (TPSA) is 91.0 Å². The van der Waals surface area contributed by atoms with Crippen LogP contribution in [-0.4, -0.2) is 34.0 Å². The number of β-amino-alcohol motifs (C(OH)–C–C–N with tert-alkyl or cyclic N) is 1. The fraction of sp³-hybridized carbons (Fsp3) is 0.333. The third-order valence-corrected chi connectivity index (χ3v) is 5.75. The van der Waals surface area contributed by atoms with Gasteiger partial charge in [0.1, 0.15) is 0 Å². The number of nitrogens with one attached hydrogen (secondary N) is 1. The zero-order valence-corrected chi connectivity index (χ0v) is 16.4. The molecule has 1 fully saturated rings. The Hall–Kier alpha value is -2.57. The minimum absolute atomic E-state index is 0.122. The van der Waals surface area contributed by atoms with Gasteiger partial charge in [-0.1, -0.05) is 41.9 Å². The third-order valence-electron chi connectivity index (χ3n) is 5.35. The maximum atomic E-state index is 12.8. The number of carbonyl (C=O) groups excluding carboxylic acids is 1. The van der Waals surface area contributed by atoms with Crippen LogP contribution in [0.15, 0.2) is 53.5 Å². The van der Waals surface area contributed by atoms with E-state index in [1.54, 1.807) is 0 Å². The van der Waals surface area contributed by atoms with Crippen molar-refractivity contribution in [1.82, 2.24) is 4.90 Å². The van der Waals surface area contributed by atoms with E-state index in [0.29, 0.717) is 17.9 Å². The molecule has 2 aromatic rings. The summed E-state index contributed by atoms with van der Waals surface area (Å²) in [6, 6.07) is 15.4. The Kier molecular flexibility index (Phi) is 4.56. The zero-order valence-electron chi connectivity index (χ0n) is 15.7. The number of hydrogen-bond acceptors (Lipinski definition) is 5. The number of guanidine groups is 1. The molecule has 1 atom stereocenters. The molecule has 0 radical (unpaired) electrons. The predicted octanol–water partition coefficient (Wildman–Crippen LogP) is 3.37. The predicted molar refractivity (Wildman–Crippen MR) is 111 cm³/mol. The van der Waals surface area contributed by atoms with Gasteiger partial charge in [-0.05, 0) is 38.0 Å². The number of halogens is 1. The van der Waals surface area contributed by atoms with E-state index < -0.39 is 11.1 Å². The summed E-state index contributed by atoms with van der Waals surface area (Å²) in [7, 11) is 0. The molecular formula is C21H23ClN4O2. The fourth-order valence-corrected chi connectivity index (χ4v) is 3.89. The molecule has 1 saturated carbocycles. The van der Waals surface area contributed by atoms with Crippen LogP contribution < -0.4 is 11.1 Å². The number of nitrogens with zero attached hydrogens (tertiary/aromatic N) is 2. The lowest BCUT2D eigenvalue weighted by molar-refractivity contribution is -0.131. The molecule has 4 N–H and O–H groups in total. The van der Waals surface area contributed by atoms with Gasteiger partial charge in [0.05, 0.1) is 34.8 Å². The van der Waals surface area contributed by atoms with Crippen LogP contribution in [0.25, 0.3) is 0 Å². The molecule has 2 aromatic carbocycles. The molecule has 0 spiro atoms. The first-order valence-electron chi connectivity index (χ1n) is 9.29. The lowest BCUT2D eigenvalue weighted by atomic mass is 9.87. The summed E-state index contributed by atoms with van der Waals surface area (Å²) >= 11 is 6.69. The third kappa shape index (κ3) is 3.57. The fourth-order valence-electron chi connectivity index (χ4n) is 3.51. The van der Waals surface area contributed by atoms with E-state index in [1.165, 1.54) is 4.90 Å². The second-order valence-corrected chi connectivity index (χ2v) is 8.16. The number of carbonyl (C=O) groups is 1. The van der Waals surface area contributed by atoms with Crippen LogP contribution in [0.3, 0.4) is 0 Å². The standard InChI is InChI=1S/C21H23ClN4O2/c1-20(12-17(27)26(19(23)25-20)13-21(28)10-11-21)15-8-5-9-16(18(15)22)24-14-6-3-2-4-7-14/h2-9,24,28H,10-13H2,1H3,(H2,23,25)/t20-/m0/s1. The molecule has 0 unspecified atom stereocenters. The first kappa shape index (κ1) is 18.8. The highest BCUT2D eigenvalue weighted by Gasteiger charge is 2.46. The Balaban J connectivity index is 1.65. The molecule has 1 aliphatic heterocycles. The Labute approximate surface area is 169 Å². The van der Waals surface area contributed by atoms with Crippen LogP contribution in [0.5, 0.6) is 0 Å². The highest BCUT2D eigenvalue weighted by atomic mass is 35.5. The number of anilines is 2. The van der Waals surface area contributed by atoms with Gasteiger partial charge in [0.25, 0.3) is 0 Å². The number of para-hydroxylation sites is 1. The molecular weight excluding hydrogens is 376 g/mol. The van der Waals surface area contributed by atoms with E-state index >= 15 is 0 Å². The maximum Gasteiger partial charge on any atom is 0.232 e. The van der Waals surface area contributed by atoms with Gasteiger partial charge in [0.15, 0.2) is 5.96 Å². The van der Waals surface area contributed by atoms with E-state index in [2.05, 4.69) is 10.3 Å². The van der Waals surface area contributed by atoms with E-state index in [4.69, 9.17) is 17.3 Å². The van der Waals surface area contributed by atoms with Crippen LogP contribution in [0.1, 0.15) is 31.7 Å². The monoisotopic (exact) mass is 398 g/mol. The molecule has 0 saturated heterocycles. The Morgan fingerprint density at radius 2 is 1.93 bits per heavy atom. The van der Waals surface area contributed by atoms with Crippen LogP contribution >= 0.6 is 11.6 Å². The average molecular weight is 399 g/mol. The SMILES string of the molecule is C[C@@]1(c2cccc(Nc3ccccc3)c2Cl)CC(=O)N(CC2(O)CC2)C(N)=N1. The number of amides is 1. The summed E-state index contributed by atoms with van der Waals surface area (Å²) in [5.41, 5.74) is 6.82. The Morgan fingerprint density at radius 1 is 1.21 bits per heavy atom. The summed E-state index contributed by atoms with van der Waals surface area (Å²) in [6.45, 7) is 2.05. The lowest BCUT2D eigenvalue weighted by Crippen LogP contribution is -2.52. The molecule has 0 aromatic heterocycles. The van der Waals surface area contributed by atoms with Gasteiger partial charge in [-0.15, -0.1) is 0 Å². The van der Waals surface area contributed by atoms with Crippen LogP contribution in [0, 0.1) is 0 Å². The van der Waals surface area contributed by atoms with E-state index in [9.17, 15) is 9.90 Å². The van der Waals surface area contributed by atoms with Gasteiger partial charge in [0, 0.05) is 11.3 Å². The Morgan fingerprint density at radius 3 is 2.57 bits per heavy atom. The number of aliphatic imine (C=N–C) groups is 1. The van der Waals surface area contributed by atoms with Crippen LogP contribution in [0.4, 0.5) is 11.4 Å². The van der Waals surface area contributed by atoms with Crippen molar-refractivity contribution in [3.05, 3.63) is 59.1 Å². The summed E-state index contributed by atoms with van der Waals surface area (Å²) in [5.74, 6) is -0.0376. The summed E-state index contributed by atoms with van der Waals surface area (Å²) in [4.78, 5) is 18.8. The van der Waals surface area contributed by atoms with Crippen molar-refractivity contribution in [2.45, 2.75) is 37.3 Å². The Bertz CT molecular complexity index is 943. The van der Waals surface area contributed by atoms with Crippen molar-refractivity contribution < 1.29 is 9.90 Å². The smallest absolute Gasteiger partial charge is 0.232 e. The molecule has 1 heterocycles. The van der Waals surface area contributed by atoms with E-state index in [1.807, 2.05) is 55.5 Å². The number of aliphatic hydroxyl groups is 1. The number of benzene rings is 2. The van der Waals surface area contributed by atoms with Crippen molar-refractivity contribution in [2.24, 2.45) is 10.7 Å². The normalized spacial score (nSPS) is 23.3. The number of hydrogen-bond donors (Lipinski definition) is 3. The number of nitrogens with two attached hydrogens (primary N) is 1. The van der Waals surface area contributed by atoms with Gasteiger partial charge in [0.2, 0.25) is 5.91 Å². The molecule has 1 amide bonds. The molecule has 0 bridgehead atoms. The van der Waals surface area contributed by atoms with Crippen molar-refractivity contribution in [3.63, 3.8) is 0 Å². The van der Waals surface area contributed by atoms with Crippen molar-refractivity contribution in [1.29, 1.82) is 0 Å². The average Bonchev–Trinajstić information content (AvgIpc) is 3.38. The molecule has 28 heavy (non-hydrogen) atoms. The largest absolute Gasteiger partial charge is 0.388 e. The van der Waals surface area contributed by atoms with Gasteiger partial charge in [-0.3, -0.25) is 9.69 Å². The second kappa shape index (κ2) is 6.79. The van der Waals surface area contributed by atoms with Gasteiger partial charge in [-0.25, -0.2) is 4.99 Å². The van der Waals surface area contributed by atoms with E-state index in [0.717, 1.165) is 16.9 Å². The zero-order chi connectivity index (χ0) is 19.9. The molecule has 146 valence electrons. The van der Waals surface area contributed by atoms with Crippen LogP contribution in [0.2, 0.25) is 5.02 Å².